The van der Waals surface area contributed by atoms with Crippen LogP contribution in [0.25, 0.3) is 11.4 Å². The van der Waals surface area contributed by atoms with E-state index in [0.29, 0.717) is 33.3 Å². The molecule has 28 heavy (non-hydrogen) atoms. The van der Waals surface area contributed by atoms with Crippen LogP contribution in [0.15, 0.2) is 51.9 Å². The first kappa shape index (κ1) is 19.6. The van der Waals surface area contributed by atoms with E-state index in [9.17, 15) is 9.00 Å². The van der Waals surface area contributed by atoms with Crippen molar-refractivity contribution in [1.82, 2.24) is 10.1 Å². The summed E-state index contributed by atoms with van der Waals surface area (Å²) in [4.78, 5) is 17.0. The summed E-state index contributed by atoms with van der Waals surface area (Å²) in [5, 5.41) is 3.90. The standard InChI is InChI=1S/C19H18N2O6S/c1-24-13-6-9-15(16(10-13)25-2)18-20-17(27-21-18)11-26-19(22)12-4-7-14(8-5-12)28(3)23/h4-10H,11H2,1-3H3. The molecule has 1 aromatic heterocycles. The second-order valence-electron chi connectivity index (χ2n) is 5.63. The highest BCUT2D eigenvalue weighted by atomic mass is 32.2. The topological polar surface area (TPSA) is 101 Å². The lowest BCUT2D eigenvalue weighted by molar-refractivity contribution is 0.0429. The van der Waals surface area contributed by atoms with E-state index in [0.717, 1.165) is 0 Å². The van der Waals surface area contributed by atoms with Crippen molar-refractivity contribution in [2.24, 2.45) is 0 Å². The summed E-state index contributed by atoms with van der Waals surface area (Å²) in [6.45, 7) is -0.175. The molecule has 0 radical (unpaired) electrons. The van der Waals surface area contributed by atoms with Crippen LogP contribution in [0.3, 0.4) is 0 Å². The van der Waals surface area contributed by atoms with E-state index in [2.05, 4.69) is 10.1 Å². The summed E-state index contributed by atoms with van der Waals surface area (Å²) < 4.78 is 32.2. The van der Waals surface area contributed by atoms with Crippen LogP contribution >= 0.6 is 0 Å². The van der Waals surface area contributed by atoms with Crippen molar-refractivity contribution in [3.63, 3.8) is 0 Å². The fourth-order valence-corrected chi connectivity index (χ4v) is 2.92. The number of carbonyl (C=O) groups is 1. The van der Waals surface area contributed by atoms with Crippen LogP contribution in [0.1, 0.15) is 16.2 Å². The van der Waals surface area contributed by atoms with E-state index in [1.165, 1.54) is 7.11 Å². The van der Waals surface area contributed by atoms with Gasteiger partial charge < -0.3 is 18.7 Å². The Kier molecular flexibility index (Phi) is 6.05. The quantitative estimate of drug-likeness (QED) is 0.556. The zero-order chi connectivity index (χ0) is 20.1. The molecule has 1 unspecified atom stereocenters. The van der Waals surface area contributed by atoms with E-state index in [1.54, 1.807) is 55.8 Å². The maximum atomic E-state index is 12.1. The lowest BCUT2D eigenvalue weighted by Crippen LogP contribution is -2.05. The zero-order valence-corrected chi connectivity index (χ0v) is 16.3. The van der Waals surface area contributed by atoms with Gasteiger partial charge in [-0.2, -0.15) is 4.98 Å². The van der Waals surface area contributed by atoms with Gasteiger partial charge in [0, 0.05) is 28.0 Å². The smallest absolute Gasteiger partial charge is 0.338 e. The van der Waals surface area contributed by atoms with Gasteiger partial charge in [0.15, 0.2) is 6.61 Å². The van der Waals surface area contributed by atoms with Gasteiger partial charge in [-0.15, -0.1) is 0 Å². The molecule has 1 atom stereocenters. The number of hydrogen-bond donors (Lipinski definition) is 0. The van der Waals surface area contributed by atoms with Crippen molar-refractivity contribution in [3.05, 3.63) is 53.9 Å². The fourth-order valence-electron chi connectivity index (χ4n) is 2.40. The molecule has 3 aromatic rings. The molecule has 8 nitrogen and oxygen atoms in total. The Balaban J connectivity index is 1.68. The first-order valence-electron chi connectivity index (χ1n) is 8.17. The van der Waals surface area contributed by atoms with Crippen molar-refractivity contribution in [1.29, 1.82) is 0 Å². The molecular weight excluding hydrogens is 384 g/mol. The number of benzene rings is 2. The van der Waals surface area contributed by atoms with E-state index in [4.69, 9.17) is 18.7 Å². The van der Waals surface area contributed by atoms with Crippen molar-refractivity contribution >= 4 is 16.8 Å². The highest BCUT2D eigenvalue weighted by molar-refractivity contribution is 7.84. The molecule has 3 rings (SSSR count). The number of esters is 1. The van der Waals surface area contributed by atoms with Crippen LogP contribution in [0.5, 0.6) is 11.5 Å². The molecule has 0 aliphatic carbocycles. The third kappa shape index (κ3) is 4.37. The predicted octanol–water partition coefficient (Wildman–Crippen LogP) is 2.85. The maximum absolute atomic E-state index is 12.1. The number of rotatable bonds is 7. The molecule has 146 valence electrons. The number of methoxy groups -OCH3 is 2. The average Bonchev–Trinajstić information content (AvgIpc) is 3.20. The average molecular weight is 402 g/mol. The Morgan fingerprint density at radius 3 is 2.50 bits per heavy atom. The second kappa shape index (κ2) is 8.66. The monoisotopic (exact) mass is 402 g/mol. The van der Waals surface area contributed by atoms with E-state index in [-0.39, 0.29) is 12.5 Å². The van der Waals surface area contributed by atoms with E-state index >= 15 is 0 Å². The highest BCUT2D eigenvalue weighted by Crippen LogP contribution is 2.31. The Hall–Kier alpha value is -3.20. The minimum Gasteiger partial charge on any atom is -0.497 e. The van der Waals surface area contributed by atoms with Gasteiger partial charge in [-0.3, -0.25) is 4.21 Å². The lowest BCUT2D eigenvalue weighted by Gasteiger charge is -2.07. The molecule has 0 fully saturated rings. The SMILES string of the molecule is COc1ccc(-c2noc(COC(=O)c3ccc(S(C)=O)cc3)n2)c(OC)c1. The predicted molar refractivity (Wildman–Crippen MR) is 101 cm³/mol. The van der Waals surface area contributed by atoms with Crippen LogP contribution in [0, 0.1) is 0 Å². The number of carbonyl (C=O) groups excluding carboxylic acids is 1. The maximum Gasteiger partial charge on any atom is 0.338 e. The molecule has 0 N–H and O–H groups in total. The fraction of sp³-hybridized carbons (Fsp3) is 0.211. The van der Waals surface area contributed by atoms with E-state index < -0.39 is 16.8 Å². The number of hydrogen-bond acceptors (Lipinski definition) is 8. The largest absolute Gasteiger partial charge is 0.497 e. The molecule has 1 heterocycles. The van der Waals surface area contributed by atoms with Gasteiger partial charge >= 0.3 is 5.97 Å². The Morgan fingerprint density at radius 2 is 1.86 bits per heavy atom. The summed E-state index contributed by atoms with van der Waals surface area (Å²) in [7, 11) is 1.98. The molecule has 0 saturated heterocycles. The minimum absolute atomic E-state index is 0.146. The van der Waals surface area contributed by atoms with Crippen molar-refractivity contribution < 1.29 is 27.7 Å². The summed E-state index contributed by atoms with van der Waals surface area (Å²) in [5.41, 5.74) is 0.957. The third-order valence-electron chi connectivity index (χ3n) is 3.87. The third-order valence-corrected chi connectivity index (χ3v) is 4.80. The first-order valence-corrected chi connectivity index (χ1v) is 9.73. The van der Waals surface area contributed by atoms with Gasteiger partial charge in [0.1, 0.15) is 11.5 Å². The summed E-state index contributed by atoms with van der Waals surface area (Å²) in [6, 6.07) is 11.6. The Morgan fingerprint density at radius 1 is 1.11 bits per heavy atom. The van der Waals surface area contributed by atoms with Crippen molar-refractivity contribution in [2.75, 3.05) is 20.5 Å². The molecule has 0 aliphatic rings. The van der Waals surface area contributed by atoms with Gasteiger partial charge in [-0.25, -0.2) is 4.79 Å². The van der Waals surface area contributed by atoms with Gasteiger partial charge in [-0.05, 0) is 36.4 Å². The zero-order valence-electron chi connectivity index (χ0n) is 15.5. The van der Waals surface area contributed by atoms with Crippen LogP contribution in [0.2, 0.25) is 0 Å². The van der Waals surface area contributed by atoms with Gasteiger partial charge in [0.05, 0.1) is 25.3 Å². The van der Waals surface area contributed by atoms with Gasteiger partial charge in [0.25, 0.3) is 5.89 Å². The van der Waals surface area contributed by atoms with Crippen molar-refractivity contribution in [2.45, 2.75) is 11.5 Å². The normalized spacial score (nSPS) is 11.7. The van der Waals surface area contributed by atoms with Gasteiger partial charge in [-0.1, -0.05) is 5.16 Å². The van der Waals surface area contributed by atoms with Crippen LogP contribution in [-0.2, 0) is 22.1 Å². The van der Waals surface area contributed by atoms with Crippen molar-refractivity contribution in [3.8, 4) is 22.9 Å². The summed E-state index contributed by atoms with van der Waals surface area (Å²) in [5.74, 6) is 1.07. The lowest BCUT2D eigenvalue weighted by atomic mass is 10.2. The first-order chi connectivity index (χ1) is 13.5. The Labute approximate surface area is 163 Å². The number of ether oxygens (including phenoxy) is 3. The molecule has 2 aromatic carbocycles. The minimum atomic E-state index is -1.11. The molecular formula is C19H18N2O6S. The Bertz CT molecular complexity index is 1000. The molecule has 0 saturated carbocycles. The molecule has 9 heteroatoms. The molecule has 0 bridgehead atoms. The summed E-state index contributed by atoms with van der Waals surface area (Å²) in [6.07, 6.45) is 1.57. The summed E-state index contributed by atoms with van der Waals surface area (Å²) >= 11 is 0. The number of aromatic nitrogens is 2. The van der Waals surface area contributed by atoms with Crippen LogP contribution in [-0.4, -0.2) is 40.8 Å². The highest BCUT2D eigenvalue weighted by Gasteiger charge is 2.16. The second-order valence-corrected chi connectivity index (χ2v) is 7.01. The molecule has 0 aliphatic heterocycles. The number of nitrogens with zero attached hydrogens (tertiary/aromatic N) is 2. The molecule has 0 spiro atoms. The van der Waals surface area contributed by atoms with Crippen LogP contribution in [0.4, 0.5) is 0 Å². The van der Waals surface area contributed by atoms with E-state index in [1.807, 2.05) is 0 Å². The van der Waals surface area contributed by atoms with Crippen LogP contribution < -0.4 is 9.47 Å². The molecule has 0 amide bonds. The van der Waals surface area contributed by atoms with Gasteiger partial charge in [0.2, 0.25) is 5.82 Å².